The lowest BCUT2D eigenvalue weighted by Crippen LogP contribution is -2.42. The van der Waals surface area contributed by atoms with E-state index >= 15 is 0 Å². The summed E-state index contributed by atoms with van der Waals surface area (Å²) in [6, 6.07) is 9.28. The van der Waals surface area contributed by atoms with E-state index in [1.165, 1.54) is 24.0 Å². The Kier molecular flexibility index (Phi) is 8.00. The Morgan fingerprint density at radius 2 is 2.12 bits per heavy atom. The molecule has 1 saturated carbocycles. The molecule has 140 valence electrons. The van der Waals surface area contributed by atoms with Gasteiger partial charge in [-0.15, -0.1) is 24.0 Å². The van der Waals surface area contributed by atoms with Gasteiger partial charge in [-0.2, -0.15) is 0 Å². The average Bonchev–Trinajstić information content (AvgIpc) is 3.18. The molecule has 0 bridgehead atoms. The van der Waals surface area contributed by atoms with E-state index in [2.05, 4.69) is 55.3 Å². The molecule has 0 amide bonds. The molecule has 0 aromatic heterocycles. The Bertz CT molecular complexity index is 578. The highest BCUT2D eigenvalue weighted by Gasteiger charge is 2.40. The van der Waals surface area contributed by atoms with Gasteiger partial charge in [0.1, 0.15) is 0 Å². The largest absolute Gasteiger partial charge is 0.381 e. The molecule has 25 heavy (non-hydrogen) atoms. The van der Waals surface area contributed by atoms with Gasteiger partial charge in [0.05, 0.1) is 6.61 Å². The molecule has 1 aliphatic heterocycles. The van der Waals surface area contributed by atoms with Crippen molar-refractivity contribution < 1.29 is 4.74 Å². The van der Waals surface area contributed by atoms with E-state index in [4.69, 9.17) is 9.73 Å². The molecule has 0 spiro atoms. The average molecular weight is 457 g/mol. The van der Waals surface area contributed by atoms with Gasteiger partial charge in [-0.05, 0) is 44.7 Å². The summed E-state index contributed by atoms with van der Waals surface area (Å²) in [4.78, 5) is 7.16. The van der Waals surface area contributed by atoms with Crippen LogP contribution in [-0.4, -0.2) is 49.7 Å². The lowest BCUT2D eigenvalue weighted by atomic mass is 10.0. The predicted molar refractivity (Wildman–Crippen MR) is 115 cm³/mol. The van der Waals surface area contributed by atoms with Gasteiger partial charge in [0.15, 0.2) is 5.96 Å². The standard InChI is InChI=1S/C20H31N3O.HI/c1-4-21-20(23-11-10-16(13-23)14-24-5-2)22-19-12-18(19)17-9-7-6-8-15(17)3;/h6-9,16,18-19H,4-5,10-14H2,1-3H3,(H,21,22);1H. The minimum absolute atomic E-state index is 0. The highest BCUT2D eigenvalue weighted by atomic mass is 127. The first-order valence-corrected chi connectivity index (χ1v) is 9.42. The lowest BCUT2D eigenvalue weighted by molar-refractivity contribution is 0.114. The second kappa shape index (κ2) is 9.76. The molecule has 3 atom stereocenters. The summed E-state index contributed by atoms with van der Waals surface area (Å²) in [5, 5.41) is 3.72. The lowest BCUT2D eigenvalue weighted by Gasteiger charge is -2.22. The van der Waals surface area contributed by atoms with Crippen molar-refractivity contribution in [2.75, 3.05) is 32.8 Å². The van der Waals surface area contributed by atoms with Gasteiger partial charge in [0, 0.05) is 44.1 Å². The number of aliphatic imine (C=N–C) groups is 1. The molecule has 1 N–H and O–H groups in total. The number of hydrogen-bond acceptors (Lipinski definition) is 2. The van der Waals surface area contributed by atoms with E-state index in [1.54, 1.807) is 0 Å². The first kappa shape index (κ1) is 20.5. The van der Waals surface area contributed by atoms with Crippen LogP contribution in [0.5, 0.6) is 0 Å². The molecule has 2 fully saturated rings. The van der Waals surface area contributed by atoms with Crippen molar-refractivity contribution in [1.82, 2.24) is 10.2 Å². The normalized spacial score (nSPS) is 25.6. The van der Waals surface area contributed by atoms with Crippen LogP contribution in [0.2, 0.25) is 0 Å². The monoisotopic (exact) mass is 457 g/mol. The molecule has 0 radical (unpaired) electrons. The number of guanidine groups is 1. The van der Waals surface area contributed by atoms with Gasteiger partial charge in [0.2, 0.25) is 0 Å². The topological polar surface area (TPSA) is 36.9 Å². The molecular weight excluding hydrogens is 425 g/mol. The van der Waals surface area contributed by atoms with E-state index in [0.717, 1.165) is 38.8 Å². The fourth-order valence-electron chi connectivity index (χ4n) is 3.70. The van der Waals surface area contributed by atoms with Gasteiger partial charge in [-0.25, -0.2) is 0 Å². The first-order valence-electron chi connectivity index (χ1n) is 9.42. The van der Waals surface area contributed by atoms with Gasteiger partial charge in [-0.3, -0.25) is 4.99 Å². The molecule has 1 saturated heterocycles. The summed E-state index contributed by atoms with van der Waals surface area (Å²) >= 11 is 0. The number of hydrogen-bond donors (Lipinski definition) is 1. The highest BCUT2D eigenvalue weighted by Crippen LogP contribution is 2.42. The number of benzene rings is 1. The minimum atomic E-state index is 0. The molecule has 4 nitrogen and oxygen atoms in total. The Morgan fingerprint density at radius 3 is 2.84 bits per heavy atom. The summed E-state index contributed by atoms with van der Waals surface area (Å²) in [7, 11) is 0. The third kappa shape index (κ3) is 5.33. The van der Waals surface area contributed by atoms with Gasteiger partial charge >= 0.3 is 0 Å². The third-order valence-electron chi connectivity index (χ3n) is 5.14. The Morgan fingerprint density at radius 1 is 1.32 bits per heavy atom. The molecule has 5 heteroatoms. The molecule has 1 aromatic carbocycles. The SMILES string of the molecule is CCN=C(NC1CC1c1ccccc1C)N1CCC(COCC)C1.I. The van der Waals surface area contributed by atoms with Gasteiger partial charge in [0.25, 0.3) is 0 Å². The summed E-state index contributed by atoms with van der Waals surface area (Å²) < 4.78 is 5.60. The van der Waals surface area contributed by atoms with Gasteiger partial charge < -0.3 is 15.0 Å². The molecular formula is C20H32IN3O. The Balaban J connectivity index is 0.00000225. The molecule has 1 aliphatic carbocycles. The molecule has 1 aromatic rings. The quantitative estimate of drug-likeness (QED) is 0.401. The summed E-state index contributed by atoms with van der Waals surface area (Å²) in [6.45, 7) is 11.1. The fourth-order valence-corrected chi connectivity index (χ4v) is 3.70. The zero-order chi connectivity index (χ0) is 16.9. The zero-order valence-electron chi connectivity index (χ0n) is 15.7. The third-order valence-corrected chi connectivity index (χ3v) is 5.14. The van der Waals surface area contributed by atoms with Gasteiger partial charge in [-0.1, -0.05) is 24.3 Å². The van der Waals surface area contributed by atoms with Crippen molar-refractivity contribution >= 4 is 29.9 Å². The van der Waals surface area contributed by atoms with Crippen LogP contribution in [0.15, 0.2) is 29.3 Å². The maximum absolute atomic E-state index is 5.60. The first-order chi connectivity index (χ1) is 11.7. The number of aryl methyl sites for hydroxylation is 1. The molecule has 2 aliphatic rings. The molecule has 3 rings (SSSR count). The Hall–Kier alpha value is -0.820. The van der Waals surface area contributed by atoms with Crippen molar-refractivity contribution in [2.45, 2.75) is 45.6 Å². The van der Waals surface area contributed by atoms with Crippen LogP contribution in [0.25, 0.3) is 0 Å². The van der Waals surface area contributed by atoms with Crippen LogP contribution >= 0.6 is 24.0 Å². The molecule has 1 heterocycles. The zero-order valence-corrected chi connectivity index (χ0v) is 18.0. The van der Waals surface area contributed by atoms with Crippen LogP contribution in [-0.2, 0) is 4.74 Å². The van der Waals surface area contributed by atoms with Crippen molar-refractivity contribution in [1.29, 1.82) is 0 Å². The summed E-state index contributed by atoms with van der Waals surface area (Å²) in [6.07, 6.45) is 2.42. The number of likely N-dealkylation sites (tertiary alicyclic amines) is 1. The van der Waals surface area contributed by atoms with E-state index in [1.807, 2.05) is 0 Å². The van der Waals surface area contributed by atoms with Crippen LogP contribution in [0.4, 0.5) is 0 Å². The maximum Gasteiger partial charge on any atom is 0.194 e. The second-order valence-electron chi connectivity index (χ2n) is 7.01. The van der Waals surface area contributed by atoms with Crippen molar-refractivity contribution in [3.63, 3.8) is 0 Å². The van der Waals surface area contributed by atoms with E-state index < -0.39 is 0 Å². The van der Waals surface area contributed by atoms with Crippen molar-refractivity contribution in [2.24, 2.45) is 10.9 Å². The highest BCUT2D eigenvalue weighted by molar-refractivity contribution is 14.0. The maximum atomic E-state index is 5.60. The number of rotatable bonds is 6. The summed E-state index contributed by atoms with van der Waals surface area (Å²) in [5.74, 6) is 2.37. The predicted octanol–water partition coefficient (Wildman–Crippen LogP) is 3.79. The fraction of sp³-hybridized carbons (Fsp3) is 0.650. The number of ether oxygens (including phenoxy) is 1. The van der Waals surface area contributed by atoms with E-state index in [-0.39, 0.29) is 24.0 Å². The van der Waals surface area contributed by atoms with Crippen LogP contribution in [0.3, 0.4) is 0 Å². The minimum Gasteiger partial charge on any atom is -0.381 e. The number of nitrogens with zero attached hydrogens (tertiary/aromatic N) is 2. The molecule has 3 unspecified atom stereocenters. The smallest absolute Gasteiger partial charge is 0.194 e. The van der Waals surface area contributed by atoms with Crippen LogP contribution in [0.1, 0.15) is 43.7 Å². The number of halogens is 1. The summed E-state index contributed by atoms with van der Waals surface area (Å²) in [5.41, 5.74) is 2.89. The van der Waals surface area contributed by atoms with Crippen molar-refractivity contribution in [3.05, 3.63) is 35.4 Å². The van der Waals surface area contributed by atoms with E-state index in [0.29, 0.717) is 17.9 Å². The van der Waals surface area contributed by atoms with E-state index in [9.17, 15) is 0 Å². The second-order valence-corrected chi connectivity index (χ2v) is 7.01. The number of nitrogens with one attached hydrogen (secondary N) is 1. The Labute approximate surface area is 169 Å². The van der Waals surface area contributed by atoms with Crippen LogP contribution in [0, 0.1) is 12.8 Å². The van der Waals surface area contributed by atoms with Crippen molar-refractivity contribution in [3.8, 4) is 0 Å². The van der Waals surface area contributed by atoms with Crippen LogP contribution < -0.4 is 5.32 Å².